The zero-order valence-electron chi connectivity index (χ0n) is 10.4. The maximum Gasteiger partial charge on any atom is 0.197 e. The second-order valence-electron chi connectivity index (χ2n) is 3.82. The number of hydrogen-bond acceptors (Lipinski definition) is 6. The van der Waals surface area contributed by atoms with Gasteiger partial charge in [-0.2, -0.15) is 5.26 Å². The van der Waals surface area contributed by atoms with Crippen molar-refractivity contribution < 1.29 is 12.8 Å². The first-order valence-electron chi connectivity index (χ1n) is 5.65. The molecule has 0 amide bonds. The molecule has 1 N–H and O–H groups in total. The lowest BCUT2D eigenvalue weighted by molar-refractivity contribution is 0.522. The quantitative estimate of drug-likeness (QED) is 0.846. The molecule has 0 spiro atoms. The molecule has 0 atom stereocenters. The SMILES string of the molecule is N#CC(=CNc1ccccn1)S(=O)(=O)Cc1ccco1. The molecule has 0 aromatic carbocycles. The summed E-state index contributed by atoms with van der Waals surface area (Å²) in [5.41, 5.74) is 0. The molecule has 7 heteroatoms. The Balaban J connectivity index is 2.17. The van der Waals surface area contributed by atoms with E-state index in [9.17, 15) is 8.42 Å². The molecule has 0 saturated heterocycles. The van der Waals surface area contributed by atoms with Gasteiger partial charge in [0.1, 0.15) is 23.4 Å². The van der Waals surface area contributed by atoms with Crippen molar-refractivity contribution >= 4 is 15.7 Å². The lowest BCUT2D eigenvalue weighted by Crippen LogP contribution is -2.07. The van der Waals surface area contributed by atoms with E-state index in [4.69, 9.17) is 9.68 Å². The summed E-state index contributed by atoms with van der Waals surface area (Å²) in [6.45, 7) is 0. The summed E-state index contributed by atoms with van der Waals surface area (Å²) in [5.74, 6) is 0.376. The van der Waals surface area contributed by atoms with Gasteiger partial charge in [-0.3, -0.25) is 0 Å². The van der Waals surface area contributed by atoms with Crippen LogP contribution in [0.15, 0.2) is 58.3 Å². The van der Waals surface area contributed by atoms with Crippen LogP contribution in [0.2, 0.25) is 0 Å². The minimum Gasteiger partial charge on any atom is -0.468 e. The molecule has 2 aromatic heterocycles. The van der Waals surface area contributed by atoms with Crippen LogP contribution in [-0.2, 0) is 15.6 Å². The van der Waals surface area contributed by atoms with Crippen LogP contribution in [-0.4, -0.2) is 13.4 Å². The molecule has 0 unspecified atom stereocenters. The van der Waals surface area contributed by atoms with Crippen LogP contribution in [0.1, 0.15) is 5.76 Å². The molecule has 0 aliphatic heterocycles. The van der Waals surface area contributed by atoms with E-state index in [0.29, 0.717) is 5.82 Å². The molecule has 0 aliphatic rings. The van der Waals surface area contributed by atoms with E-state index in [2.05, 4.69) is 10.3 Å². The molecule has 0 radical (unpaired) electrons. The molecule has 0 bridgehead atoms. The van der Waals surface area contributed by atoms with Crippen LogP contribution in [0.3, 0.4) is 0 Å². The minimum absolute atomic E-state index is 0.281. The first-order valence-corrected chi connectivity index (χ1v) is 7.30. The van der Waals surface area contributed by atoms with E-state index in [0.717, 1.165) is 6.20 Å². The Labute approximate surface area is 116 Å². The molecule has 20 heavy (non-hydrogen) atoms. The van der Waals surface area contributed by atoms with Gasteiger partial charge < -0.3 is 9.73 Å². The van der Waals surface area contributed by atoms with Crippen molar-refractivity contribution in [1.29, 1.82) is 5.26 Å². The molecule has 2 aromatic rings. The molecule has 0 aliphatic carbocycles. The van der Waals surface area contributed by atoms with Crippen LogP contribution in [0.4, 0.5) is 5.82 Å². The second-order valence-corrected chi connectivity index (χ2v) is 5.78. The van der Waals surface area contributed by atoms with Gasteiger partial charge in [0.2, 0.25) is 0 Å². The lowest BCUT2D eigenvalue weighted by Gasteiger charge is -2.02. The summed E-state index contributed by atoms with van der Waals surface area (Å²) in [5, 5.41) is 11.7. The van der Waals surface area contributed by atoms with Crippen LogP contribution >= 0.6 is 0 Å². The van der Waals surface area contributed by atoms with Crippen molar-refractivity contribution in [2.75, 3.05) is 5.32 Å². The molecule has 0 saturated carbocycles. The van der Waals surface area contributed by atoms with Crippen molar-refractivity contribution in [2.24, 2.45) is 0 Å². The van der Waals surface area contributed by atoms with E-state index in [1.54, 1.807) is 42.6 Å². The van der Waals surface area contributed by atoms with E-state index in [-0.39, 0.29) is 16.4 Å². The predicted molar refractivity (Wildman–Crippen MR) is 72.9 cm³/mol. The number of nitrogens with zero attached hydrogens (tertiary/aromatic N) is 2. The van der Waals surface area contributed by atoms with Crippen LogP contribution in [0, 0.1) is 11.3 Å². The predicted octanol–water partition coefficient (Wildman–Crippen LogP) is 2.07. The highest BCUT2D eigenvalue weighted by atomic mass is 32.2. The average Bonchev–Trinajstić information content (AvgIpc) is 2.92. The maximum atomic E-state index is 12.0. The van der Waals surface area contributed by atoms with Gasteiger partial charge in [-0.25, -0.2) is 13.4 Å². The number of pyridine rings is 1. The molecule has 102 valence electrons. The second kappa shape index (κ2) is 6.04. The van der Waals surface area contributed by atoms with Gasteiger partial charge in [0.05, 0.1) is 6.26 Å². The summed E-state index contributed by atoms with van der Waals surface area (Å²) in [7, 11) is -3.75. The Morgan fingerprint density at radius 3 is 2.85 bits per heavy atom. The van der Waals surface area contributed by atoms with E-state index >= 15 is 0 Å². The van der Waals surface area contributed by atoms with E-state index in [1.807, 2.05) is 0 Å². The summed E-state index contributed by atoms with van der Waals surface area (Å²) < 4.78 is 29.1. The monoisotopic (exact) mass is 289 g/mol. The number of nitriles is 1. The number of furan rings is 1. The number of sulfone groups is 1. The lowest BCUT2D eigenvalue weighted by atomic mass is 10.5. The molecule has 6 nitrogen and oxygen atoms in total. The first-order chi connectivity index (χ1) is 9.62. The third kappa shape index (κ3) is 3.46. The van der Waals surface area contributed by atoms with E-state index in [1.165, 1.54) is 6.26 Å². The Kier molecular flexibility index (Phi) is 4.17. The number of rotatable bonds is 5. The molecule has 2 heterocycles. The van der Waals surface area contributed by atoms with Gasteiger partial charge in [-0.1, -0.05) is 6.07 Å². The van der Waals surface area contributed by atoms with Gasteiger partial charge >= 0.3 is 0 Å². The summed E-state index contributed by atoms with van der Waals surface area (Å²) >= 11 is 0. The smallest absolute Gasteiger partial charge is 0.197 e. The topological polar surface area (TPSA) is 96.0 Å². The molecule has 2 rings (SSSR count). The third-order valence-electron chi connectivity index (χ3n) is 2.37. The average molecular weight is 289 g/mol. The Morgan fingerprint density at radius 2 is 2.25 bits per heavy atom. The molecular formula is C13H11N3O3S. The Hall–Kier alpha value is -2.59. The van der Waals surface area contributed by atoms with Crippen LogP contribution in [0.25, 0.3) is 0 Å². The number of hydrogen-bond donors (Lipinski definition) is 1. The Morgan fingerprint density at radius 1 is 1.40 bits per heavy atom. The summed E-state index contributed by atoms with van der Waals surface area (Å²) in [6, 6.07) is 9.93. The largest absolute Gasteiger partial charge is 0.468 e. The fraction of sp³-hybridized carbons (Fsp3) is 0.0769. The number of nitrogens with one attached hydrogen (secondary N) is 1. The Bertz CT molecular complexity index is 729. The number of anilines is 1. The first kappa shape index (κ1) is 13.8. The standard InChI is InChI=1S/C13H11N3O3S/c14-8-12(9-16-13-5-1-2-6-15-13)20(17,18)10-11-4-3-7-19-11/h1-7,9H,10H2,(H,15,16). The van der Waals surface area contributed by atoms with Gasteiger partial charge in [-0.15, -0.1) is 0 Å². The highest BCUT2D eigenvalue weighted by Gasteiger charge is 2.20. The number of aromatic nitrogens is 1. The summed E-state index contributed by atoms with van der Waals surface area (Å²) in [6.07, 6.45) is 4.06. The normalized spacial score (nSPS) is 11.8. The molecule has 0 fully saturated rings. The maximum absolute atomic E-state index is 12.0. The number of allylic oxidation sites excluding steroid dienone is 1. The van der Waals surface area contributed by atoms with Gasteiger partial charge in [0.15, 0.2) is 14.7 Å². The van der Waals surface area contributed by atoms with Crippen LogP contribution in [0.5, 0.6) is 0 Å². The van der Waals surface area contributed by atoms with Crippen molar-refractivity contribution in [2.45, 2.75) is 5.75 Å². The summed E-state index contributed by atoms with van der Waals surface area (Å²) in [4.78, 5) is 3.59. The van der Waals surface area contributed by atoms with Gasteiger partial charge in [-0.05, 0) is 24.3 Å². The zero-order chi connectivity index (χ0) is 14.4. The fourth-order valence-electron chi connectivity index (χ4n) is 1.44. The van der Waals surface area contributed by atoms with Crippen molar-refractivity contribution in [3.05, 3.63) is 59.7 Å². The van der Waals surface area contributed by atoms with Gasteiger partial charge in [0, 0.05) is 12.4 Å². The molecular weight excluding hydrogens is 278 g/mol. The van der Waals surface area contributed by atoms with Gasteiger partial charge in [0.25, 0.3) is 0 Å². The minimum atomic E-state index is -3.75. The fourth-order valence-corrected chi connectivity index (χ4v) is 2.51. The van der Waals surface area contributed by atoms with Crippen LogP contribution < -0.4 is 5.32 Å². The van der Waals surface area contributed by atoms with Crippen molar-refractivity contribution in [3.8, 4) is 6.07 Å². The highest BCUT2D eigenvalue weighted by molar-refractivity contribution is 7.94. The van der Waals surface area contributed by atoms with E-state index < -0.39 is 9.84 Å². The third-order valence-corrected chi connectivity index (χ3v) is 3.92. The zero-order valence-corrected chi connectivity index (χ0v) is 11.2. The highest BCUT2D eigenvalue weighted by Crippen LogP contribution is 2.14. The van der Waals surface area contributed by atoms with Crippen molar-refractivity contribution in [3.63, 3.8) is 0 Å². The van der Waals surface area contributed by atoms with Crippen molar-refractivity contribution in [1.82, 2.24) is 4.98 Å².